The van der Waals surface area contributed by atoms with E-state index in [1.807, 2.05) is 0 Å². The summed E-state index contributed by atoms with van der Waals surface area (Å²) < 4.78 is 1.27. The van der Waals surface area contributed by atoms with Crippen molar-refractivity contribution >= 4 is 22.4 Å². The van der Waals surface area contributed by atoms with Gasteiger partial charge in [-0.15, -0.1) is 0 Å². The fourth-order valence-electron chi connectivity index (χ4n) is 2.46. The van der Waals surface area contributed by atoms with Crippen molar-refractivity contribution < 1.29 is 4.79 Å². The van der Waals surface area contributed by atoms with Gasteiger partial charge in [-0.25, -0.2) is 10.1 Å². The summed E-state index contributed by atoms with van der Waals surface area (Å²) in [4.78, 5) is 28.8. The van der Waals surface area contributed by atoms with Gasteiger partial charge in [-0.3, -0.25) is 14.6 Å². The Morgan fingerprint density at radius 1 is 1.16 bits per heavy atom. The summed E-state index contributed by atoms with van der Waals surface area (Å²) in [6.07, 6.45) is 3.31. The van der Waals surface area contributed by atoms with Crippen molar-refractivity contribution in [3.8, 4) is 0 Å². The van der Waals surface area contributed by atoms with Gasteiger partial charge < -0.3 is 0 Å². The van der Waals surface area contributed by atoms with Crippen LogP contribution in [0.4, 0.5) is 0 Å². The van der Waals surface area contributed by atoms with E-state index in [1.54, 1.807) is 62.6 Å². The van der Waals surface area contributed by atoms with Crippen LogP contribution < -0.4 is 11.0 Å². The minimum Gasteiger partial charge on any atom is -0.267 e. The lowest BCUT2D eigenvalue weighted by molar-refractivity contribution is 0.0949. The molecule has 0 radical (unpaired) electrons. The van der Waals surface area contributed by atoms with Crippen molar-refractivity contribution in [1.82, 2.24) is 20.2 Å². The zero-order valence-corrected chi connectivity index (χ0v) is 13.9. The SMILES string of the molecule is CCn1nc(C(=O)N/N=C(/C)c2ccncc2)c2ccccc2c1=O. The molecule has 2 heterocycles. The normalized spacial score (nSPS) is 11.5. The van der Waals surface area contributed by atoms with Crippen molar-refractivity contribution in [3.63, 3.8) is 0 Å². The molecule has 0 unspecified atom stereocenters. The Kier molecular flexibility index (Phi) is 4.65. The number of pyridine rings is 1. The first-order valence-corrected chi connectivity index (χ1v) is 7.86. The molecule has 1 amide bonds. The number of hydrogen-bond donors (Lipinski definition) is 1. The molecule has 0 aliphatic heterocycles. The molecule has 7 nitrogen and oxygen atoms in total. The molecule has 0 saturated heterocycles. The first kappa shape index (κ1) is 16.5. The van der Waals surface area contributed by atoms with Crippen LogP contribution in [0.5, 0.6) is 0 Å². The Hall–Kier alpha value is -3.35. The second kappa shape index (κ2) is 7.04. The maximum atomic E-state index is 12.6. The van der Waals surface area contributed by atoms with Gasteiger partial charge in [0.05, 0.1) is 11.1 Å². The largest absolute Gasteiger partial charge is 0.292 e. The summed E-state index contributed by atoms with van der Waals surface area (Å²) in [5.74, 6) is -0.466. The molecule has 3 rings (SSSR count). The van der Waals surface area contributed by atoms with Gasteiger partial charge >= 0.3 is 0 Å². The van der Waals surface area contributed by atoms with Gasteiger partial charge in [-0.1, -0.05) is 18.2 Å². The molecule has 2 aromatic heterocycles. The molecule has 7 heteroatoms. The number of nitrogens with one attached hydrogen (secondary N) is 1. The smallest absolute Gasteiger partial charge is 0.267 e. The van der Waals surface area contributed by atoms with Gasteiger partial charge in [0.25, 0.3) is 11.5 Å². The molecule has 0 atom stereocenters. The predicted octanol–water partition coefficient (Wildman–Crippen LogP) is 1.97. The lowest BCUT2D eigenvalue weighted by atomic mass is 10.1. The summed E-state index contributed by atoms with van der Waals surface area (Å²) >= 11 is 0. The van der Waals surface area contributed by atoms with Crippen LogP contribution >= 0.6 is 0 Å². The predicted molar refractivity (Wildman–Crippen MR) is 95.6 cm³/mol. The van der Waals surface area contributed by atoms with E-state index in [-0.39, 0.29) is 11.3 Å². The lowest BCUT2D eigenvalue weighted by Gasteiger charge is -2.08. The molecular formula is C18H17N5O2. The zero-order chi connectivity index (χ0) is 17.8. The van der Waals surface area contributed by atoms with Crippen LogP contribution in [0.3, 0.4) is 0 Å². The number of benzene rings is 1. The van der Waals surface area contributed by atoms with E-state index in [4.69, 9.17) is 0 Å². The number of hydrogen-bond acceptors (Lipinski definition) is 5. The standard InChI is InChI=1S/C18H17N5O2/c1-3-23-18(25)15-7-5-4-6-14(15)16(22-23)17(24)21-20-12(2)13-8-10-19-11-9-13/h4-11H,3H2,1-2H3,(H,21,24)/b20-12-. The fraction of sp³-hybridized carbons (Fsp3) is 0.167. The molecule has 3 aromatic rings. The van der Waals surface area contributed by atoms with Crippen LogP contribution in [-0.4, -0.2) is 26.4 Å². The molecule has 1 N–H and O–H groups in total. The Morgan fingerprint density at radius 3 is 2.52 bits per heavy atom. The van der Waals surface area contributed by atoms with Crippen LogP contribution in [0.1, 0.15) is 29.9 Å². The molecule has 25 heavy (non-hydrogen) atoms. The van der Waals surface area contributed by atoms with Crippen molar-refractivity contribution in [2.45, 2.75) is 20.4 Å². The first-order chi connectivity index (χ1) is 12.1. The maximum absolute atomic E-state index is 12.6. The van der Waals surface area contributed by atoms with E-state index in [0.29, 0.717) is 23.0 Å². The summed E-state index contributed by atoms with van der Waals surface area (Å²) in [6, 6.07) is 10.5. The third-order valence-electron chi connectivity index (χ3n) is 3.81. The van der Waals surface area contributed by atoms with Crippen LogP contribution in [-0.2, 0) is 6.54 Å². The number of nitrogens with zero attached hydrogens (tertiary/aromatic N) is 4. The Labute approximate surface area is 144 Å². The third-order valence-corrected chi connectivity index (χ3v) is 3.81. The van der Waals surface area contributed by atoms with Crippen LogP contribution in [0.15, 0.2) is 58.7 Å². The number of amides is 1. The second-order valence-corrected chi connectivity index (χ2v) is 5.39. The zero-order valence-electron chi connectivity index (χ0n) is 13.9. The van der Waals surface area contributed by atoms with E-state index < -0.39 is 5.91 Å². The van der Waals surface area contributed by atoms with Gasteiger partial charge in [0.15, 0.2) is 5.69 Å². The third kappa shape index (κ3) is 3.30. The summed E-state index contributed by atoms with van der Waals surface area (Å²) in [7, 11) is 0. The van der Waals surface area contributed by atoms with Crippen molar-refractivity contribution in [2.75, 3.05) is 0 Å². The highest BCUT2D eigenvalue weighted by Crippen LogP contribution is 2.13. The Bertz CT molecular complexity index is 1010. The van der Waals surface area contributed by atoms with E-state index in [0.717, 1.165) is 5.56 Å². The monoisotopic (exact) mass is 335 g/mol. The highest BCUT2D eigenvalue weighted by molar-refractivity contribution is 6.06. The van der Waals surface area contributed by atoms with E-state index in [2.05, 4.69) is 20.6 Å². The Balaban J connectivity index is 1.98. The van der Waals surface area contributed by atoms with Crippen LogP contribution in [0.2, 0.25) is 0 Å². The Morgan fingerprint density at radius 2 is 1.84 bits per heavy atom. The molecule has 0 aliphatic carbocycles. The van der Waals surface area contributed by atoms with Crippen molar-refractivity contribution in [3.05, 3.63) is 70.4 Å². The summed E-state index contributed by atoms with van der Waals surface area (Å²) in [5.41, 5.74) is 3.96. The number of hydrazone groups is 1. The number of carbonyl (C=O) groups is 1. The molecule has 0 spiro atoms. The fourth-order valence-corrected chi connectivity index (χ4v) is 2.46. The van der Waals surface area contributed by atoms with E-state index in [1.165, 1.54) is 4.68 Å². The topological polar surface area (TPSA) is 89.2 Å². The van der Waals surface area contributed by atoms with Crippen molar-refractivity contribution in [2.24, 2.45) is 5.10 Å². The van der Waals surface area contributed by atoms with Crippen molar-refractivity contribution in [1.29, 1.82) is 0 Å². The van der Waals surface area contributed by atoms with Gasteiger partial charge in [-0.2, -0.15) is 10.2 Å². The first-order valence-electron chi connectivity index (χ1n) is 7.86. The van der Waals surface area contributed by atoms with E-state index in [9.17, 15) is 9.59 Å². The van der Waals surface area contributed by atoms with Gasteiger partial charge in [-0.05, 0) is 32.0 Å². The summed E-state index contributed by atoms with van der Waals surface area (Å²) in [5, 5.41) is 9.26. The number of fused-ring (bicyclic) bond motifs is 1. The van der Waals surface area contributed by atoms with Gasteiger partial charge in [0, 0.05) is 29.9 Å². The lowest BCUT2D eigenvalue weighted by Crippen LogP contribution is -2.28. The molecule has 0 fully saturated rings. The average molecular weight is 335 g/mol. The molecule has 126 valence electrons. The average Bonchev–Trinajstić information content (AvgIpc) is 2.67. The molecule has 0 aliphatic rings. The molecule has 0 saturated carbocycles. The second-order valence-electron chi connectivity index (χ2n) is 5.39. The maximum Gasteiger partial charge on any atom is 0.292 e. The minimum absolute atomic E-state index is 0.170. The van der Waals surface area contributed by atoms with Gasteiger partial charge in [0.2, 0.25) is 0 Å². The summed E-state index contributed by atoms with van der Waals surface area (Å²) in [6.45, 7) is 3.97. The number of aryl methyl sites for hydroxylation is 1. The van der Waals surface area contributed by atoms with Crippen LogP contribution in [0.25, 0.3) is 10.8 Å². The minimum atomic E-state index is -0.466. The number of aromatic nitrogens is 3. The molecule has 1 aromatic carbocycles. The van der Waals surface area contributed by atoms with Crippen LogP contribution in [0, 0.1) is 0 Å². The number of rotatable bonds is 4. The molecular weight excluding hydrogens is 318 g/mol. The quantitative estimate of drug-likeness (QED) is 0.583. The molecule has 0 bridgehead atoms. The number of carbonyl (C=O) groups excluding carboxylic acids is 1. The van der Waals surface area contributed by atoms with E-state index >= 15 is 0 Å². The van der Waals surface area contributed by atoms with Gasteiger partial charge in [0.1, 0.15) is 0 Å². The highest BCUT2D eigenvalue weighted by atomic mass is 16.2. The highest BCUT2D eigenvalue weighted by Gasteiger charge is 2.15.